The number of hydrogen-bond acceptors (Lipinski definition) is 6. The van der Waals surface area contributed by atoms with Crippen molar-refractivity contribution in [2.24, 2.45) is 0 Å². The molecule has 19 heavy (non-hydrogen) atoms. The number of aromatic nitrogens is 4. The van der Waals surface area contributed by atoms with Crippen LogP contribution in [0.25, 0.3) is 0 Å². The molecule has 0 atom stereocenters. The molecule has 2 rings (SSSR count). The third-order valence-electron chi connectivity index (χ3n) is 2.96. The summed E-state index contributed by atoms with van der Waals surface area (Å²) in [6.07, 6.45) is 2.21. The SMILES string of the molecule is CC(C)N(CCO)C(=O)CSc1nnnn1C1CC1. The Labute approximate surface area is 116 Å². The van der Waals surface area contributed by atoms with Crippen LogP contribution in [-0.2, 0) is 4.79 Å². The lowest BCUT2D eigenvalue weighted by molar-refractivity contribution is -0.130. The van der Waals surface area contributed by atoms with Crippen LogP contribution in [-0.4, -0.2) is 61.1 Å². The van der Waals surface area contributed by atoms with Gasteiger partial charge in [-0.1, -0.05) is 11.8 Å². The van der Waals surface area contributed by atoms with Crippen molar-refractivity contribution in [3.05, 3.63) is 0 Å². The highest BCUT2D eigenvalue weighted by Crippen LogP contribution is 2.36. The summed E-state index contributed by atoms with van der Waals surface area (Å²) < 4.78 is 1.80. The van der Waals surface area contributed by atoms with E-state index in [9.17, 15) is 4.79 Å². The van der Waals surface area contributed by atoms with Crippen LogP contribution in [0.1, 0.15) is 32.7 Å². The first-order valence-corrected chi connectivity index (χ1v) is 7.43. The molecule has 0 aromatic carbocycles. The van der Waals surface area contributed by atoms with Crippen molar-refractivity contribution in [1.82, 2.24) is 25.1 Å². The molecule has 0 unspecified atom stereocenters. The Kier molecular flexibility index (Phi) is 4.76. The van der Waals surface area contributed by atoms with Gasteiger partial charge in [0.15, 0.2) is 0 Å². The molecule has 0 radical (unpaired) electrons. The minimum atomic E-state index is -0.0194. The molecule has 0 spiro atoms. The number of hydrogen-bond donors (Lipinski definition) is 1. The lowest BCUT2D eigenvalue weighted by atomic mass is 10.3. The molecule has 7 nitrogen and oxygen atoms in total. The number of nitrogens with zero attached hydrogens (tertiary/aromatic N) is 5. The molecule has 0 aliphatic heterocycles. The Bertz CT molecular complexity index is 432. The molecular weight excluding hydrogens is 266 g/mol. The van der Waals surface area contributed by atoms with Crippen LogP contribution in [0.4, 0.5) is 0 Å². The average molecular weight is 285 g/mol. The van der Waals surface area contributed by atoms with Gasteiger partial charge in [0, 0.05) is 12.6 Å². The van der Waals surface area contributed by atoms with Gasteiger partial charge in [-0.15, -0.1) is 5.10 Å². The second kappa shape index (κ2) is 6.33. The maximum Gasteiger partial charge on any atom is 0.233 e. The summed E-state index contributed by atoms with van der Waals surface area (Å²) in [7, 11) is 0. The molecule has 106 valence electrons. The van der Waals surface area contributed by atoms with Gasteiger partial charge in [0.05, 0.1) is 18.4 Å². The molecule has 1 amide bonds. The Balaban J connectivity index is 1.89. The normalized spacial score (nSPS) is 14.9. The molecule has 1 saturated carbocycles. The van der Waals surface area contributed by atoms with Crippen molar-refractivity contribution in [3.8, 4) is 0 Å². The molecule has 1 fully saturated rings. The van der Waals surface area contributed by atoms with E-state index in [-0.39, 0.29) is 18.6 Å². The van der Waals surface area contributed by atoms with Crippen molar-refractivity contribution in [1.29, 1.82) is 0 Å². The highest BCUT2D eigenvalue weighted by atomic mass is 32.2. The van der Waals surface area contributed by atoms with Gasteiger partial charge in [0.1, 0.15) is 0 Å². The van der Waals surface area contributed by atoms with Crippen molar-refractivity contribution < 1.29 is 9.90 Å². The molecule has 1 aliphatic carbocycles. The van der Waals surface area contributed by atoms with Crippen LogP contribution >= 0.6 is 11.8 Å². The Hall–Kier alpha value is -1.15. The monoisotopic (exact) mass is 285 g/mol. The van der Waals surface area contributed by atoms with Crippen LogP contribution in [0.2, 0.25) is 0 Å². The third kappa shape index (κ3) is 3.66. The summed E-state index contributed by atoms with van der Waals surface area (Å²) in [5, 5.41) is 21.2. The molecular formula is C11H19N5O2S. The summed E-state index contributed by atoms with van der Waals surface area (Å²) in [5.41, 5.74) is 0. The second-order valence-corrected chi connectivity index (χ2v) is 5.77. The first kappa shape index (κ1) is 14.3. The van der Waals surface area contributed by atoms with E-state index < -0.39 is 0 Å². The molecule has 1 N–H and O–H groups in total. The van der Waals surface area contributed by atoms with Gasteiger partial charge < -0.3 is 10.0 Å². The van der Waals surface area contributed by atoms with Crippen LogP contribution in [0, 0.1) is 0 Å². The summed E-state index contributed by atoms with van der Waals surface area (Å²) in [5.74, 6) is 0.296. The van der Waals surface area contributed by atoms with Crippen LogP contribution in [0.3, 0.4) is 0 Å². The molecule has 1 aliphatic rings. The topological polar surface area (TPSA) is 84.1 Å². The fourth-order valence-corrected chi connectivity index (χ4v) is 2.65. The fraction of sp³-hybridized carbons (Fsp3) is 0.818. The first-order valence-electron chi connectivity index (χ1n) is 6.44. The molecule has 0 saturated heterocycles. The van der Waals surface area contributed by atoms with E-state index in [1.165, 1.54) is 11.8 Å². The number of carbonyl (C=O) groups excluding carboxylic acids is 1. The number of rotatable bonds is 7. The zero-order chi connectivity index (χ0) is 13.8. The first-order chi connectivity index (χ1) is 9.13. The van der Waals surface area contributed by atoms with Gasteiger partial charge >= 0.3 is 0 Å². The minimum Gasteiger partial charge on any atom is -0.395 e. The van der Waals surface area contributed by atoms with Crippen LogP contribution < -0.4 is 0 Å². The lowest BCUT2D eigenvalue weighted by Crippen LogP contribution is -2.40. The summed E-state index contributed by atoms with van der Waals surface area (Å²) >= 11 is 1.36. The predicted octanol–water partition coefficient (Wildman–Crippen LogP) is 0.329. The average Bonchev–Trinajstić information content (AvgIpc) is 3.12. The van der Waals surface area contributed by atoms with Gasteiger partial charge in [-0.2, -0.15) is 0 Å². The maximum atomic E-state index is 12.1. The second-order valence-electron chi connectivity index (χ2n) is 4.83. The standard InChI is InChI=1S/C11H19N5O2S/c1-8(2)15(5-6-17)10(18)7-19-11-12-13-14-16(11)9-3-4-9/h8-9,17H,3-7H2,1-2H3. The van der Waals surface area contributed by atoms with Gasteiger partial charge in [0.2, 0.25) is 11.1 Å². The molecule has 1 heterocycles. The summed E-state index contributed by atoms with van der Waals surface area (Å²) in [6.45, 7) is 4.22. The van der Waals surface area contributed by atoms with Gasteiger partial charge in [-0.3, -0.25) is 4.79 Å². The Morgan fingerprint density at radius 3 is 2.89 bits per heavy atom. The zero-order valence-electron chi connectivity index (χ0n) is 11.2. The highest BCUT2D eigenvalue weighted by molar-refractivity contribution is 7.99. The van der Waals surface area contributed by atoms with Crippen molar-refractivity contribution >= 4 is 17.7 Å². The molecule has 1 aromatic heterocycles. The number of thioether (sulfide) groups is 1. The smallest absolute Gasteiger partial charge is 0.233 e. The van der Waals surface area contributed by atoms with Gasteiger partial charge in [0.25, 0.3) is 0 Å². The van der Waals surface area contributed by atoms with Crippen molar-refractivity contribution in [2.75, 3.05) is 18.9 Å². The number of aliphatic hydroxyl groups excluding tert-OH is 1. The van der Waals surface area contributed by atoms with E-state index in [2.05, 4.69) is 15.5 Å². The molecule has 8 heteroatoms. The van der Waals surface area contributed by atoms with E-state index in [1.807, 2.05) is 13.8 Å². The predicted molar refractivity (Wildman–Crippen MR) is 70.7 cm³/mol. The fourth-order valence-electron chi connectivity index (χ4n) is 1.82. The quantitative estimate of drug-likeness (QED) is 0.727. The van der Waals surface area contributed by atoms with Crippen molar-refractivity contribution in [2.45, 2.75) is 43.9 Å². The van der Waals surface area contributed by atoms with E-state index in [1.54, 1.807) is 9.58 Å². The van der Waals surface area contributed by atoms with Crippen LogP contribution in [0.5, 0.6) is 0 Å². The van der Waals surface area contributed by atoms with E-state index in [4.69, 9.17) is 5.11 Å². The van der Waals surface area contributed by atoms with E-state index in [0.29, 0.717) is 23.5 Å². The van der Waals surface area contributed by atoms with Gasteiger partial charge in [-0.05, 0) is 37.1 Å². The van der Waals surface area contributed by atoms with Gasteiger partial charge in [-0.25, -0.2) is 4.68 Å². The van der Waals surface area contributed by atoms with E-state index >= 15 is 0 Å². The number of amides is 1. The number of aliphatic hydroxyl groups is 1. The number of carbonyl (C=O) groups is 1. The lowest BCUT2D eigenvalue weighted by Gasteiger charge is -2.25. The Morgan fingerprint density at radius 1 is 1.58 bits per heavy atom. The maximum absolute atomic E-state index is 12.1. The summed E-state index contributed by atoms with van der Waals surface area (Å²) in [4.78, 5) is 13.7. The Morgan fingerprint density at radius 2 is 2.32 bits per heavy atom. The van der Waals surface area contributed by atoms with Crippen LogP contribution in [0.15, 0.2) is 5.16 Å². The highest BCUT2D eigenvalue weighted by Gasteiger charge is 2.28. The summed E-state index contributed by atoms with van der Waals surface area (Å²) in [6, 6.07) is 0.492. The minimum absolute atomic E-state index is 0.000558. The number of tetrazole rings is 1. The van der Waals surface area contributed by atoms with E-state index in [0.717, 1.165) is 12.8 Å². The molecule has 1 aromatic rings. The van der Waals surface area contributed by atoms with Crippen molar-refractivity contribution in [3.63, 3.8) is 0 Å². The largest absolute Gasteiger partial charge is 0.395 e. The zero-order valence-corrected chi connectivity index (χ0v) is 12.0. The molecule has 0 bridgehead atoms. The third-order valence-corrected chi connectivity index (χ3v) is 3.88.